The highest BCUT2D eigenvalue weighted by Crippen LogP contribution is 2.32. The highest BCUT2D eigenvalue weighted by Gasteiger charge is 2.07. The summed E-state index contributed by atoms with van der Waals surface area (Å²) in [6, 6.07) is 7.16. The topological polar surface area (TPSA) is 59.2 Å². The quantitative estimate of drug-likeness (QED) is 0.828. The summed E-state index contributed by atoms with van der Waals surface area (Å²) in [6.07, 6.45) is 2.72. The summed E-state index contributed by atoms with van der Waals surface area (Å²) in [5, 5.41) is 1.85. The fourth-order valence-corrected chi connectivity index (χ4v) is 3.01. The fraction of sp³-hybridized carbons (Fsp3) is 0.167. The van der Waals surface area contributed by atoms with Crippen molar-refractivity contribution >= 4 is 45.1 Å². The van der Waals surface area contributed by atoms with Crippen molar-refractivity contribution in [2.75, 3.05) is 6.26 Å². The number of hydrogen-bond donors (Lipinski definition) is 1. The molecule has 0 saturated heterocycles. The lowest BCUT2D eigenvalue weighted by Gasteiger charge is -2.01. The molecule has 0 bridgehead atoms. The minimum Gasteiger partial charge on any atom is -0.356 e. The number of benzene rings is 1. The highest BCUT2D eigenvalue weighted by molar-refractivity contribution is 7.99. The van der Waals surface area contributed by atoms with Gasteiger partial charge in [0.2, 0.25) is 0 Å². The first-order valence-corrected chi connectivity index (χ1v) is 8.87. The van der Waals surface area contributed by atoms with E-state index in [1.54, 1.807) is 18.3 Å². The molecule has 4 nitrogen and oxygen atoms in total. The fourth-order valence-electron chi connectivity index (χ4n) is 1.40. The van der Waals surface area contributed by atoms with Crippen LogP contribution in [0.25, 0.3) is 0 Å². The lowest BCUT2D eigenvalue weighted by Crippen LogP contribution is -2.01. The third-order valence-corrected chi connectivity index (χ3v) is 4.51. The Balaban J connectivity index is 2.04. The Labute approximate surface area is 131 Å². The summed E-state index contributed by atoms with van der Waals surface area (Å²) in [4.78, 5) is 3.96. The Kier molecular flexibility index (Phi) is 5.04. The van der Waals surface area contributed by atoms with Gasteiger partial charge in [0, 0.05) is 11.1 Å². The van der Waals surface area contributed by atoms with Gasteiger partial charge >= 0.3 is 0 Å². The van der Waals surface area contributed by atoms with Crippen molar-refractivity contribution in [3.63, 3.8) is 0 Å². The van der Waals surface area contributed by atoms with Crippen molar-refractivity contribution in [1.82, 2.24) is 4.98 Å². The van der Waals surface area contributed by atoms with Crippen LogP contribution < -0.4 is 0 Å². The van der Waals surface area contributed by atoms with E-state index in [1.807, 2.05) is 12.1 Å². The Morgan fingerprint density at radius 3 is 2.65 bits per heavy atom. The Morgan fingerprint density at radius 1 is 1.25 bits per heavy atom. The summed E-state index contributed by atoms with van der Waals surface area (Å²) >= 11 is 13.3. The van der Waals surface area contributed by atoms with Crippen LogP contribution in [0.2, 0.25) is 10.0 Å². The molecule has 0 spiro atoms. The maximum Gasteiger partial charge on any atom is 0.264 e. The van der Waals surface area contributed by atoms with Gasteiger partial charge in [0.25, 0.3) is 10.1 Å². The first-order chi connectivity index (χ1) is 9.33. The van der Waals surface area contributed by atoms with Gasteiger partial charge in [0.1, 0.15) is 0 Å². The number of halogens is 2. The smallest absolute Gasteiger partial charge is 0.264 e. The van der Waals surface area contributed by atoms with Gasteiger partial charge in [-0.1, -0.05) is 35.0 Å². The van der Waals surface area contributed by atoms with Crippen LogP contribution in [-0.4, -0.2) is 19.7 Å². The second kappa shape index (κ2) is 6.41. The van der Waals surface area contributed by atoms with E-state index in [-0.39, 0.29) is 6.61 Å². The van der Waals surface area contributed by atoms with Crippen LogP contribution in [-0.2, 0) is 20.9 Å². The summed E-state index contributed by atoms with van der Waals surface area (Å²) in [5.74, 6) is 0. The molecule has 108 valence electrons. The van der Waals surface area contributed by atoms with Crippen LogP contribution in [0.5, 0.6) is 0 Å². The van der Waals surface area contributed by atoms with E-state index < -0.39 is 10.1 Å². The van der Waals surface area contributed by atoms with E-state index in [0.29, 0.717) is 10.0 Å². The van der Waals surface area contributed by atoms with Crippen molar-refractivity contribution in [2.24, 2.45) is 0 Å². The number of nitrogens with one attached hydrogen (secondary N) is 1. The molecule has 8 heteroatoms. The van der Waals surface area contributed by atoms with Crippen molar-refractivity contribution in [3.05, 3.63) is 46.1 Å². The molecule has 0 amide bonds. The lowest BCUT2D eigenvalue weighted by molar-refractivity contribution is 0.312. The normalized spacial score (nSPS) is 11.8. The molecule has 2 rings (SSSR count). The standard InChI is InChI=1S/C12H11Cl2NO3S2/c1-20(16,17)18-7-8-4-12(15-6-8)19-9-2-3-10(13)11(14)5-9/h2-6,15H,7H2,1H3. The van der Waals surface area contributed by atoms with Gasteiger partial charge in [-0.25, -0.2) is 0 Å². The number of hydrogen-bond acceptors (Lipinski definition) is 4. The summed E-state index contributed by atoms with van der Waals surface area (Å²) in [5.41, 5.74) is 0.748. The van der Waals surface area contributed by atoms with Crippen molar-refractivity contribution < 1.29 is 12.6 Å². The van der Waals surface area contributed by atoms with E-state index in [2.05, 4.69) is 4.98 Å². The predicted molar refractivity (Wildman–Crippen MR) is 81.0 cm³/mol. The summed E-state index contributed by atoms with van der Waals surface area (Å²) in [6.45, 7) is 0.0112. The average Bonchev–Trinajstić information content (AvgIpc) is 2.78. The molecule has 0 saturated carbocycles. The molecule has 0 aliphatic heterocycles. The number of H-pyrrole nitrogens is 1. The van der Waals surface area contributed by atoms with Crippen LogP contribution >= 0.6 is 35.0 Å². The molecule has 0 unspecified atom stereocenters. The molecule has 1 heterocycles. The molecular weight excluding hydrogens is 341 g/mol. The maximum absolute atomic E-state index is 10.9. The molecule has 0 radical (unpaired) electrons. The lowest BCUT2D eigenvalue weighted by atomic mass is 10.4. The minimum absolute atomic E-state index is 0.0112. The van der Waals surface area contributed by atoms with Crippen LogP contribution in [0, 0.1) is 0 Å². The van der Waals surface area contributed by atoms with Crippen molar-refractivity contribution in [1.29, 1.82) is 0 Å². The maximum atomic E-state index is 10.9. The first-order valence-electron chi connectivity index (χ1n) is 5.48. The summed E-state index contributed by atoms with van der Waals surface area (Å²) in [7, 11) is -3.44. The zero-order chi connectivity index (χ0) is 14.8. The summed E-state index contributed by atoms with van der Waals surface area (Å²) < 4.78 is 26.5. The highest BCUT2D eigenvalue weighted by atomic mass is 35.5. The molecule has 20 heavy (non-hydrogen) atoms. The second-order valence-corrected chi connectivity index (χ2v) is 7.59. The number of aromatic nitrogens is 1. The average molecular weight is 352 g/mol. The van der Waals surface area contributed by atoms with Gasteiger partial charge in [-0.3, -0.25) is 4.18 Å². The van der Waals surface area contributed by atoms with E-state index in [0.717, 1.165) is 21.7 Å². The zero-order valence-corrected chi connectivity index (χ0v) is 13.5. The third kappa shape index (κ3) is 4.71. The Morgan fingerprint density at radius 2 is 2.00 bits per heavy atom. The molecule has 1 N–H and O–H groups in total. The van der Waals surface area contributed by atoms with E-state index >= 15 is 0 Å². The number of rotatable bonds is 5. The Bertz CT molecular complexity index is 713. The molecule has 2 aromatic rings. The second-order valence-electron chi connectivity index (χ2n) is 4.02. The predicted octanol–water partition coefficient (Wildman–Crippen LogP) is 3.95. The SMILES string of the molecule is CS(=O)(=O)OCc1c[nH]c(Sc2ccc(Cl)c(Cl)c2)c1. The molecule has 0 fully saturated rings. The van der Waals surface area contributed by atoms with Crippen LogP contribution in [0.4, 0.5) is 0 Å². The monoisotopic (exact) mass is 351 g/mol. The van der Waals surface area contributed by atoms with Crippen molar-refractivity contribution in [3.8, 4) is 0 Å². The van der Waals surface area contributed by atoms with Gasteiger partial charge in [-0.15, -0.1) is 0 Å². The van der Waals surface area contributed by atoms with E-state index in [1.165, 1.54) is 11.8 Å². The van der Waals surface area contributed by atoms with E-state index in [4.69, 9.17) is 27.4 Å². The van der Waals surface area contributed by atoms with Crippen LogP contribution in [0.3, 0.4) is 0 Å². The molecule has 0 aliphatic rings. The first kappa shape index (κ1) is 15.7. The van der Waals surface area contributed by atoms with Crippen molar-refractivity contribution in [2.45, 2.75) is 16.5 Å². The molecule has 1 aromatic heterocycles. The van der Waals surface area contributed by atoms with Gasteiger partial charge in [0.15, 0.2) is 0 Å². The largest absolute Gasteiger partial charge is 0.356 e. The van der Waals surface area contributed by atoms with Crippen LogP contribution in [0.15, 0.2) is 40.4 Å². The van der Waals surface area contributed by atoms with Gasteiger partial charge < -0.3 is 4.98 Å². The van der Waals surface area contributed by atoms with Crippen LogP contribution in [0.1, 0.15) is 5.56 Å². The number of aromatic amines is 1. The minimum atomic E-state index is -3.44. The molecule has 1 aromatic carbocycles. The van der Waals surface area contributed by atoms with Gasteiger partial charge in [0.05, 0.1) is 27.9 Å². The van der Waals surface area contributed by atoms with Gasteiger partial charge in [-0.05, 0) is 29.8 Å². The molecular formula is C12H11Cl2NO3S2. The Hall–Kier alpha value is -0.660. The third-order valence-electron chi connectivity index (χ3n) is 2.27. The zero-order valence-electron chi connectivity index (χ0n) is 10.4. The molecule has 0 aliphatic carbocycles. The van der Waals surface area contributed by atoms with Gasteiger partial charge in [-0.2, -0.15) is 8.42 Å². The van der Waals surface area contributed by atoms with E-state index in [9.17, 15) is 8.42 Å². The molecule has 0 atom stereocenters.